The molecule has 0 unspecified atom stereocenters. The average molecular weight is 421 g/mol. The lowest BCUT2D eigenvalue weighted by Crippen LogP contribution is -2.31. The Morgan fingerprint density at radius 2 is 1.72 bits per heavy atom. The van der Waals surface area contributed by atoms with Gasteiger partial charge in [0.15, 0.2) is 0 Å². The average Bonchev–Trinajstić information content (AvgIpc) is 2.68. The Balaban J connectivity index is 2.46. The molecule has 0 radical (unpaired) electrons. The number of nitro groups is 2. The first kappa shape index (κ1) is 21.9. The van der Waals surface area contributed by atoms with Gasteiger partial charge in [-0.2, -0.15) is 9.41 Å². The number of nitrogens with zero attached hydrogens (tertiary/aromatic N) is 4. The lowest BCUT2D eigenvalue weighted by Gasteiger charge is -2.20. The number of hydrogen-bond donors (Lipinski definition) is 1. The van der Waals surface area contributed by atoms with Crippen molar-refractivity contribution in [3.05, 3.63) is 68.3 Å². The molecule has 0 atom stereocenters. The zero-order valence-corrected chi connectivity index (χ0v) is 16.5. The summed E-state index contributed by atoms with van der Waals surface area (Å²) in [6, 6.07) is 9.21. The van der Waals surface area contributed by atoms with Crippen LogP contribution >= 0.6 is 0 Å². The molecule has 12 heteroatoms. The third-order valence-corrected chi connectivity index (χ3v) is 6.11. The van der Waals surface area contributed by atoms with Gasteiger partial charge in [-0.3, -0.25) is 25.7 Å². The fourth-order valence-corrected chi connectivity index (χ4v) is 4.19. The highest BCUT2D eigenvalue weighted by atomic mass is 32.2. The summed E-state index contributed by atoms with van der Waals surface area (Å²) in [6.07, 6.45) is 1.17. The molecular formula is C17H19N5O6S. The maximum absolute atomic E-state index is 12.9. The molecule has 2 aromatic rings. The Labute approximate surface area is 167 Å². The van der Waals surface area contributed by atoms with Crippen molar-refractivity contribution in [1.29, 1.82) is 0 Å². The maximum atomic E-state index is 12.9. The summed E-state index contributed by atoms with van der Waals surface area (Å²) in [5, 5.41) is 26.0. The van der Waals surface area contributed by atoms with Crippen LogP contribution in [0.2, 0.25) is 0 Å². The Morgan fingerprint density at radius 1 is 1.07 bits per heavy atom. The number of sulfonamides is 1. The number of non-ortho nitro benzene ring substituents is 1. The van der Waals surface area contributed by atoms with E-state index in [0.29, 0.717) is 0 Å². The minimum atomic E-state index is -4.02. The molecule has 0 fully saturated rings. The first-order valence-electron chi connectivity index (χ1n) is 8.53. The minimum absolute atomic E-state index is 0.0114. The summed E-state index contributed by atoms with van der Waals surface area (Å²) in [6.45, 7) is 3.66. The van der Waals surface area contributed by atoms with E-state index >= 15 is 0 Å². The van der Waals surface area contributed by atoms with Gasteiger partial charge in [-0.05, 0) is 12.1 Å². The van der Waals surface area contributed by atoms with E-state index in [0.717, 1.165) is 16.4 Å². The van der Waals surface area contributed by atoms with Crippen LogP contribution in [0, 0.1) is 20.2 Å². The van der Waals surface area contributed by atoms with Crippen LogP contribution in [0.15, 0.2) is 52.5 Å². The standard InChI is InChI=1S/C17H19N5O6S/c1-3-20(4-2)29(27,28)17-11-14(21(23)24)9-10-15(17)19-18-12-13-7-5-6-8-16(13)22(25)26/h5-12,19H,3-4H2,1-2H3/b18-12+. The smallest absolute Gasteiger partial charge is 0.277 e. The van der Waals surface area contributed by atoms with E-state index < -0.39 is 19.9 Å². The lowest BCUT2D eigenvalue weighted by molar-refractivity contribution is -0.385. The summed E-state index contributed by atoms with van der Waals surface area (Å²) >= 11 is 0. The Bertz CT molecular complexity index is 1050. The lowest BCUT2D eigenvalue weighted by atomic mass is 10.2. The molecule has 0 saturated carbocycles. The van der Waals surface area contributed by atoms with E-state index in [1.165, 1.54) is 30.5 Å². The van der Waals surface area contributed by atoms with Crippen LogP contribution in [-0.2, 0) is 10.0 Å². The molecule has 0 bridgehead atoms. The van der Waals surface area contributed by atoms with Crippen LogP contribution in [-0.4, -0.2) is 41.9 Å². The van der Waals surface area contributed by atoms with Gasteiger partial charge >= 0.3 is 0 Å². The van der Waals surface area contributed by atoms with Crippen molar-refractivity contribution in [2.75, 3.05) is 18.5 Å². The summed E-state index contributed by atoms with van der Waals surface area (Å²) in [4.78, 5) is 20.6. The fourth-order valence-electron chi connectivity index (χ4n) is 2.57. The second-order valence-corrected chi connectivity index (χ2v) is 7.62. The summed E-state index contributed by atoms with van der Waals surface area (Å²) < 4.78 is 26.9. The predicted molar refractivity (Wildman–Crippen MR) is 108 cm³/mol. The Morgan fingerprint density at radius 3 is 2.31 bits per heavy atom. The van der Waals surface area contributed by atoms with Crippen molar-refractivity contribution in [3.8, 4) is 0 Å². The highest BCUT2D eigenvalue weighted by molar-refractivity contribution is 7.89. The normalized spacial score (nSPS) is 11.7. The quantitative estimate of drug-likeness (QED) is 0.372. The molecule has 0 saturated heterocycles. The van der Waals surface area contributed by atoms with Crippen LogP contribution < -0.4 is 5.43 Å². The number of rotatable bonds is 9. The molecule has 29 heavy (non-hydrogen) atoms. The van der Waals surface area contributed by atoms with Crippen LogP contribution in [0.3, 0.4) is 0 Å². The van der Waals surface area contributed by atoms with Crippen molar-refractivity contribution in [2.24, 2.45) is 5.10 Å². The van der Waals surface area contributed by atoms with Crippen molar-refractivity contribution >= 4 is 33.3 Å². The number of para-hydroxylation sites is 1. The summed E-state index contributed by atoms with van der Waals surface area (Å²) in [5.41, 5.74) is 2.19. The molecule has 0 aromatic heterocycles. The topological polar surface area (TPSA) is 148 Å². The third-order valence-electron chi connectivity index (χ3n) is 4.02. The van der Waals surface area contributed by atoms with E-state index in [-0.39, 0.29) is 40.6 Å². The SMILES string of the molecule is CCN(CC)S(=O)(=O)c1cc([N+](=O)[O-])ccc1N/N=C/c1ccccc1[N+](=O)[O-]. The molecule has 1 N–H and O–H groups in total. The van der Waals surface area contributed by atoms with Crippen molar-refractivity contribution < 1.29 is 18.3 Å². The number of hydrogen-bond acceptors (Lipinski definition) is 8. The van der Waals surface area contributed by atoms with Crippen molar-refractivity contribution in [3.63, 3.8) is 0 Å². The molecule has 2 rings (SSSR count). The van der Waals surface area contributed by atoms with Crippen LogP contribution in [0.4, 0.5) is 17.1 Å². The van der Waals surface area contributed by atoms with Crippen LogP contribution in [0.25, 0.3) is 0 Å². The molecule has 11 nitrogen and oxygen atoms in total. The van der Waals surface area contributed by atoms with E-state index in [4.69, 9.17) is 0 Å². The highest BCUT2D eigenvalue weighted by Crippen LogP contribution is 2.29. The van der Waals surface area contributed by atoms with Gasteiger partial charge in [0.05, 0.1) is 27.3 Å². The molecule has 0 aliphatic carbocycles. The monoisotopic (exact) mass is 421 g/mol. The first-order valence-corrected chi connectivity index (χ1v) is 9.97. The zero-order valence-electron chi connectivity index (χ0n) is 15.7. The zero-order chi connectivity index (χ0) is 21.6. The van der Waals surface area contributed by atoms with E-state index in [2.05, 4.69) is 10.5 Å². The number of benzene rings is 2. The van der Waals surface area contributed by atoms with Gasteiger partial charge < -0.3 is 0 Å². The molecule has 154 valence electrons. The second kappa shape index (κ2) is 9.21. The van der Waals surface area contributed by atoms with Gasteiger partial charge in [-0.1, -0.05) is 26.0 Å². The van der Waals surface area contributed by atoms with Gasteiger partial charge in [0.2, 0.25) is 10.0 Å². The van der Waals surface area contributed by atoms with Gasteiger partial charge in [-0.25, -0.2) is 8.42 Å². The Kier molecular flexibility index (Phi) is 6.96. The largest absolute Gasteiger partial charge is 0.278 e. The van der Waals surface area contributed by atoms with Gasteiger partial charge in [0, 0.05) is 31.3 Å². The third kappa shape index (κ3) is 4.92. The molecule has 0 spiro atoms. The van der Waals surface area contributed by atoms with Crippen LogP contribution in [0.5, 0.6) is 0 Å². The molecular weight excluding hydrogens is 402 g/mol. The van der Waals surface area contributed by atoms with Gasteiger partial charge in [-0.15, -0.1) is 0 Å². The van der Waals surface area contributed by atoms with E-state index in [1.54, 1.807) is 19.9 Å². The van der Waals surface area contributed by atoms with E-state index in [1.807, 2.05) is 0 Å². The number of hydrazone groups is 1. The van der Waals surface area contributed by atoms with Crippen LogP contribution in [0.1, 0.15) is 19.4 Å². The number of anilines is 1. The molecule has 0 amide bonds. The van der Waals surface area contributed by atoms with Crippen molar-refractivity contribution in [1.82, 2.24) is 4.31 Å². The van der Waals surface area contributed by atoms with E-state index in [9.17, 15) is 28.6 Å². The Hall–Kier alpha value is -3.38. The van der Waals surface area contributed by atoms with Crippen molar-refractivity contribution in [2.45, 2.75) is 18.7 Å². The summed E-state index contributed by atoms with van der Waals surface area (Å²) in [5.74, 6) is 0. The predicted octanol–water partition coefficient (Wildman–Crippen LogP) is 2.98. The number of nitro benzene ring substituents is 2. The fraction of sp³-hybridized carbons (Fsp3) is 0.235. The molecule has 2 aromatic carbocycles. The molecule has 0 aliphatic heterocycles. The molecule has 0 aliphatic rings. The molecule has 0 heterocycles. The van der Waals surface area contributed by atoms with Gasteiger partial charge in [0.25, 0.3) is 11.4 Å². The second-order valence-electron chi connectivity index (χ2n) is 5.71. The van der Waals surface area contributed by atoms with Gasteiger partial charge in [0.1, 0.15) is 4.90 Å². The summed E-state index contributed by atoms with van der Waals surface area (Å²) in [7, 11) is -4.02. The minimum Gasteiger partial charge on any atom is -0.277 e. The maximum Gasteiger partial charge on any atom is 0.278 e. The number of nitrogens with one attached hydrogen (secondary N) is 1. The highest BCUT2D eigenvalue weighted by Gasteiger charge is 2.27. The first-order chi connectivity index (χ1) is 13.7.